The molecule has 7 nitrogen and oxygen atoms in total. The molecule has 104 valence electrons. The fourth-order valence-electron chi connectivity index (χ4n) is 1.47. The summed E-state index contributed by atoms with van der Waals surface area (Å²) in [4.78, 5) is 24.1. The van der Waals surface area contributed by atoms with E-state index in [2.05, 4.69) is 10.6 Å². The first kappa shape index (κ1) is 14.8. The van der Waals surface area contributed by atoms with Crippen molar-refractivity contribution in [3.8, 4) is 0 Å². The van der Waals surface area contributed by atoms with Crippen LogP contribution in [0.25, 0.3) is 0 Å². The van der Waals surface area contributed by atoms with Gasteiger partial charge in [-0.1, -0.05) is 12.1 Å². The second kappa shape index (κ2) is 6.60. The van der Waals surface area contributed by atoms with Gasteiger partial charge in [0.25, 0.3) is 0 Å². The lowest BCUT2D eigenvalue weighted by Crippen LogP contribution is -2.45. The van der Waals surface area contributed by atoms with Gasteiger partial charge in [0.1, 0.15) is 0 Å². The number of aliphatic hydroxyl groups is 1. The summed E-state index contributed by atoms with van der Waals surface area (Å²) in [5, 5.41) is 22.3. The highest BCUT2D eigenvalue weighted by atomic mass is 16.4. The van der Waals surface area contributed by atoms with Crippen LogP contribution in [0.3, 0.4) is 0 Å². The van der Waals surface area contributed by atoms with Crippen molar-refractivity contribution in [3.63, 3.8) is 0 Å². The van der Waals surface area contributed by atoms with Crippen LogP contribution in [0.1, 0.15) is 0 Å². The average Bonchev–Trinajstić information content (AvgIpc) is 2.35. The molecule has 0 aliphatic rings. The van der Waals surface area contributed by atoms with Crippen LogP contribution in [-0.4, -0.2) is 49.0 Å². The van der Waals surface area contributed by atoms with E-state index in [0.29, 0.717) is 5.69 Å². The van der Waals surface area contributed by atoms with E-state index < -0.39 is 24.6 Å². The van der Waals surface area contributed by atoms with Crippen LogP contribution < -0.4 is 15.5 Å². The van der Waals surface area contributed by atoms with Crippen molar-refractivity contribution in [2.75, 3.05) is 30.9 Å². The van der Waals surface area contributed by atoms with E-state index >= 15 is 0 Å². The minimum Gasteiger partial charge on any atom is -0.480 e. The lowest BCUT2D eigenvalue weighted by atomic mass is 10.2. The van der Waals surface area contributed by atoms with Crippen LogP contribution in [-0.2, 0) is 4.79 Å². The van der Waals surface area contributed by atoms with Crippen LogP contribution in [0.2, 0.25) is 0 Å². The number of amides is 2. The summed E-state index contributed by atoms with van der Waals surface area (Å²) in [7, 11) is 3.65. The van der Waals surface area contributed by atoms with Crippen molar-refractivity contribution in [2.24, 2.45) is 0 Å². The Morgan fingerprint density at radius 1 is 1.32 bits per heavy atom. The Bertz CT molecular complexity index is 462. The van der Waals surface area contributed by atoms with Gasteiger partial charge < -0.3 is 25.7 Å². The molecular weight excluding hydrogens is 250 g/mol. The number of carbonyl (C=O) groups excluding carboxylic acids is 1. The fraction of sp³-hybridized carbons (Fsp3) is 0.333. The van der Waals surface area contributed by atoms with E-state index in [1.165, 1.54) is 0 Å². The number of carboxylic acids is 1. The summed E-state index contributed by atoms with van der Waals surface area (Å²) in [5.74, 6) is -1.29. The van der Waals surface area contributed by atoms with Gasteiger partial charge in [-0.15, -0.1) is 0 Å². The third-order valence-corrected chi connectivity index (χ3v) is 2.42. The molecule has 1 rings (SSSR count). The lowest BCUT2D eigenvalue weighted by molar-refractivity contribution is -0.140. The normalized spacial score (nSPS) is 11.5. The maximum absolute atomic E-state index is 11.6. The van der Waals surface area contributed by atoms with Gasteiger partial charge in [-0.2, -0.15) is 0 Å². The quantitative estimate of drug-likeness (QED) is 0.615. The Balaban J connectivity index is 2.74. The predicted octanol–water partition coefficient (Wildman–Crippen LogP) is 0.320. The minimum absolute atomic E-state index is 0.548. The number of urea groups is 1. The summed E-state index contributed by atoms with van der Waals surface area (Å²) in [6.45, 7) is -0.669. The molecule has 0 unspecified atom stereocenters. The zero-order chi connectivity index (χ0) is 14.4. The summed E-state index contributed by atoms with van der Waals surface area (Å²) in [6.07, 6.45) is 0. The number of aliphatic hydroxyl groups excluding tert-OH is 1. The molecule has 0 aliphatic heterocycles. The minimum atomic E-state index is -1.33. The second-order valence-corrected chi connectivity index (χ2v) is 4.08. The summed E-state index contributed by atoms with van der Waals surface area (Å²) in [6, 6.07) is 5.08. The maximum Gasteiger partial charge on any atom is 0.328 e. The van der Waals surface area contributed by atoms with E-state index in [4.69, 9.17) is 10.2 Å². The Kier molecular flexibility index (Phi) is 5.13. The number of carbonyl (C=O) groups is 2. The van der Waals surface area contributed by atoms with Gasteiger partial charge in [-0.3, -0.25) is 0 Å². The number of hydrogen-bond donors (Lipinski definition) is 4. The van der Waals surface area contributed by atoms with Crippen molar-refractivity contribution in [2.45, 2.75) is 6.04 Å². The van der Waals surface area contributed by atoms with Crippen LogP contribution in [0.4, 0.5) is 16.2 Å². The summed E-state index contributed by atoms with van der Waals surface area (Å²) >= 11 is 0. The van der Waals surface area contributed by atoms with Gasteiger partial charge in [0.2, 0.25) is 0 Å². The molecule has 2 amide bonds. The fourth-order valence-corrected chi connectivity index (χ4v) is 1.47. The molecular formula is C12H17N3O4. The van der Waals surface area contributed by atoms with Crippen LogP contribution in [0, 0.1) is 0 Å². The van der Waals surface area contributed by atoms with Gasteiger partial charge in [-0.05, 0) is 12.1 Å². The number of carboxylic acid groups (broad SMARTS) is 1. The molecule has 0 saturated heterocycles. The molecule has 0 radical (unpaired) electrons. The van der Waals surface area contributed by atoms with E-state index in [1.807, 2.05) is 31.1 Å². The molecule has 0 saturated carbocycles. The van der Waals surface area contributed by atoms with Crippen molar-refractivity contribution in [1.82, 2.24) is 5.32 Å². The molecule has 0 spiro atoms. The molecule has 0 aliphatic carbocycles. The van der Waals surface area contributed by atoms with Gasteiger partial charge >= 0.3 is 12.0 Å². The van der Waals surface area contributed by atoms with E-state index in [9.17, 15) is 9.59 Å². The molecule has 4 N–H and O–H groups in total. The highest BCUT2D eigenvalue weighted by molar-refractivity contribution is 5.95. The van der Waals surface area contributed by atoms with Gasteiger partial charge in [0.15, 0.2) is 6.04 Å². The molecule has 0 fully saturated rings. The number of aliphatic carboxylic acids is 1. The molecule has 0 bridgehead atoms. The Morgan fingerprint density at radius 3 is 2.47 bits per heavy atom. The molecule has 7 heteroatoms. The Morgan fingerprint density at radius 2 is 1.95 bits per heavy atom. The number of hydrogen-bond acceptors (Lipinski definition) is 4. The zero-order valence-corrected chi connectivity index (χ0v) is 10.8. The number of anilines is 2. The van der Waals surface area contributed by atoms with Gasteiger partial charge in [-0.25, -0.2) is 9.59 Å². The first-order valence-electron chi connectivity index (χ1n) is 5.63. The number of rotatable bonds is 5. The van der Waals surface area contributed by atoms with E-state index in [0.717, 1.165) is 5.69 Å². The van der Waals surface area contributed by atoms with E-state index in [-0.39, 0.29) is 0 Å². The zero-order valence-electron chi connectivity index (χ0n) is 10.8. The molecule has 0 aromatic heterocycles. The largest absolute Gasteiger partial charge is 0.480 e. The second-order valence-electron chi connectivity index (χ2n) is 4.08. The summed E-state index contributed by atoms with van der Waals surface area (Å²) < 4.78 is 0. The number of para-hydroxylation sites is 2. The van der Waals surface area contributed by atoms with Gasteiger partial charge in [0, 0.05) is 14.1 Å². The first-order valence-corrected chi connectivity index (χ1v) is 5.63. The monoisotopic (exact) mass is 267 g/mol. The summed E-state index contributed by atoms with van der Waals surface area (Å²) in [5.41, 5.74) is 1.33. The van der Waals surface area contributed by atoms with Crippen molar-refractivity contribution in [3.05, 3.63) is 24.3 Å². The van der Waals surface area contributed by atoms with Crippen LogP contribution >= 0.6 is 0 Å². The standard InChI is InChI=1S/C12H17N3O4/c1-15(2)10-6-4-3-5-8(10)13-12(19)14-9(7-16)11(17)18/h3-6,9,16H,7H2,1-2H3,(H,17,18)(H2,13,14,19)/t9-/m1/s1. The van der Waals surface area contributed by atoms with E-state index in [1.54, 1.807) is 12.1 Å². The Labute approximate surface area is 110 Å². The lowest BCUT2D eigenvalue weighted by Gasteiger charge is -2.19. The van der Waals surface area contributed by atoms with Gasteiger partial charge in [0.05, 0.1) is 18.0 Å². The highest BCUT2D eigenvalue weighted by Crippen LogP contribution is 2.23. The molecule has 19 heavy (non-hydrogen) atoms. The average molecular weight is 267 g/mol. The smallest absolute Gasteiger partial charge is 0.328 e. The maximum atomic E-state index is 11.6. The third kappa shape index (κ3) is 4.14. The molecule has 1 atom stereocenters. The Hall–Kier alpha value is -2.28. The van der Waals surface area contributed by atoms with Crippen molar-refractivity contribution < 1.29 is 19.8 Å². The predicted molar refractivity (Wildman–Crippen MR) is 71.4 cm³/mol. The molecule has 1 aromatic carbocycles. The molecule has 0 heterocycles. The number of benzene rings is 1. The first-order chi connectivity index (χ1) is 8.95. The number of nitrogens with one attached hydrogen (secondary N) is 2. The third-order valence-electron chi connectivity index (χ3n) is 2.42. The SMILES string of the molecule is CN(C)c1ccccc1NC(=O)N[C@H](CO)C(=O)O. The van der Waals surface area contributed by atoms with Crippen molar-refractivity contribution >= 4 is 23.4 Å². The topological polar surface area (TPSA) is 102 Å². The van der Waals surface area contributed by atoms with Crippen molar-refractivity contribution in [1.29, 1.82) is 0 Å². The molecule has 1 aromatic rings. The highest BCUT2D eigenvalue weighted by Gasteiger charge is 2.19. The number of nitrogens with zero attached hydrogens (tertiary/aromatic N) is 1. The van der Waals surface area contributed by atoms with Crippen LogP contribution in [0.5, 0.6) is 0 Å². The van der Waals surface area contributed by atoms with Crippen LogP contribution in [0.15, 0.2) is 24.3 Å².